The molecular formula is C15H18BrNO3. The van der Waals surface area contributed by atoms with Crippen LogP contribution in [-0.4, -0.2) is 17.0 Å². The zero-order valence-electron chi connectivity index (χ0n) is 11.3. The van der Waals surface area contributed by atoms with Crippen LogP contribution in [0.2, 0.25) is 0 Å². The van der Waals surface area contributed by atoms with Crippen LogP contribution in [0.3, 0.4) is 0 Å². The molecule has 108 valence electrons. The van der Waals surface area contributed by atoms with Crippen molar-refractivity contribution in [3.8, 4) is 0 Å². The minimum atomic E-state index is -0.792. The number of hydrogen-bond donors (Lipinski definition) is 2. The molecular weight excluding hydrogens is 322 g/mol. The fourth-order valence-corrected chi connectivity index (χ4v) is 3.31. The Morgan fingerprint density at radius 2 is 1.95 bits per heavy atom. The van der Waals surface area contributed by atoms with E-state index in [4.69, 9.17) is 5.11 Å². The highest BCUT2D eigenvalue weighted by Crippen LogP contribution is 2.32. The van der Waals surface area contributed by atoms with E-state index in [1.807, 2.05) is 31.2 Å². The van der Waals surface area contributed by atoms with E-state index in [0.717, 1.165) is 10.0 Å². The summed E-state index contributed by atoms with van der Waals surface area (Å²) < 4.78 is 0.961. The predicted molar refractivity (Wildman–Crippen MR) is 79.2 cm³/mol. The van der Waals surface area contributed by atoms with Crippen molar-refractivity contribution in [3.63, 3.8) is 0 Å². The van der Waals surface area contributed by atoms with Gasteiger partial charge in [0.2, 0.25) is 5.91 Å². The minimum Gasteiger partial charge on any atom is -0.481 e. The summed E-state index contributed by atoms with van der Waals surface area (Å²) in [7, 11) is 0. The average molecular weight is 340 g/mol. The molecule has 0 spiro atoms. The van der Waals surface area contributed by atoms with E-state index in [-0.39, 0.29) is 23.8 Å². The Hall–Kier alpha value is -1.36. The van der Waals surface area contributed by atoms with Crippen LogP contribution in [0, 0.1) is 11.8 Å². The Labute approximate surface area is 126 Å². The monoisotopic (exact) mass is 339 g/mol. The molecule has 1 aliphatic carbocycles. The lowest BCUT2D eigenvalue weighted by atomic mass is 10.0. The van der Waals surface area contributed by atoms with Crippen molar-refractivity contribution >= 4 is 27.8 Å². The quantitative estimate of drug-likeness (QED) is 0.885. The number of rotatable bonds is 4. The molecule has 2 N–H and O–H groups in total. The normalized spacial score (nSPS) is 23.3. The van der Waals surface area contributed by atoms with Crippen molar-refractivity contribution in [3.05, 3.63) is 34.3 Å². The Morgan fingerprint density at radius 1 is 1.30 bits per heavy atom. The summed E-state index contributed by atoms with van der Waals surface area (Å²) in [6.45, 7) is 1.93. The highest BCUT2D eigenvalue weighted by molar-refractivity contribution is 9.10. The molecule has 20 heavy (non-hydrogen) atoms. The van der Waals surface area contributed by atoms with Gasteiger partial charge in [0.1, 0.15) is 0 Å². The van der Waals surface area contributed by atoms with Crippen molar-refractivity contribution in [2.24, 2.45) is 11.8 Å². The molecule has 1 amide bonds. The second-order valence-corrected chi connectivity index (χ2v) is 6.15. The first-order valence-corrected chi connectivity index (χ1v) is 7.56. The number of aliphatic carboxylic acids is 1. The fourth-order valence-electron chi connectivity index (χ4n) is 2.68. The van der Waals surface area contributed by atoms with Gasteiger partial charge in [0, 0.05) is 10.4 Å². The maximum absolute atomic E-state index is 12.2. The third kappa shape index (κ3) is 3.39. The van der Waals surface area contributed by atoms with E-state index in [0.29, 0.717) is 19.3 Å². The van der Waals surface area contributed by atoms with Crippen LogP contribution in [-0.2, 0) is 9.59 Å². The molecule has 0 heterocycles. The van der Waals surface area contributed by atoms with Crippen LogP contribution in [0.5, 0.6) is 0 Å². The lowest BCUT2D eigenvalue weighted by Crippen LogP contribution is -2.32. The van der Waals surface area contributed by atoms with Gasteiger partial charge < -0.3 is 10.4 Å². The third-order valence-electron chi connectivity index (χ3n) is 3.88. The topological polar surface area (TPSA) is 66.4 Å². The first-order valence-electron chi connectivity index (χ1n) is 6.76. The Balaban J connectivity index is 1.95. The lowest BCUT2D eigenvalue weighted by molar-refractivity contribution is -0.141. The molecule has 1 aromatic carbocycles. The fraction of sp³-hybridized carbons (Fsp3) is 0.467. The van der Waals surface area contributed by atoms with Crippen LogP contribution in [0.4, 0.5) is 0 Å². The summed E-state index contributed by atoms with van der Waals surface area (Å²) in [5, 5.41) is 11.9. The molecule has 0 aromatic heterocycles. The highest BCUT2D eigenvalue weighted by Gasteiger charge is 2.34. The van der Waals surface area contributed by atoms with Crippen molar-refractivity contribution in [2.75, 3.05) is 0 Å². The van der Waals surface area contributed by atoms with Crippen LogP contribution in [0.25, 0.3) is 0 Å². The zero-order valence-corrected chi connectivity index (χ0v) is 12.9. The largest absolute Gasteiger partial charge is 0.481 e. The molecule has 2 rings (SSSR count). The number of nitrogens with one attached hydrogen (secondary N) is 1. The molecule has 3 atom stereocenters. The molecule has 1 fully saturated rings. The summed E-state index contributed by atoms with van der Waals surface area (Å²) in [6.07, 6.45) is 1.70. The van der Waals surface area contributed by atoms with Crippen molar-refractivity contribution < 1.29 is 14.7 Å². The molecule has 0 bridgehead atoms. The predicted octanol–water partition coefficient (Wildman–Crippen LogP) is 3.13. The van der Waals surface area contributed by atoms with Crippen LogP contribution in [0.1, 0.15) is 37.8 Å². The maximum Gasteiger partial charge on any atom is 0.306 e. The standard InChI is InChI=1S/C15H18BrNO3/c1-9(12-4-2-3-5-13(12)16)17-14(18)10-6-7-11(8-10)15(19)20/h2-5,9-11H,6-8H2,1H3,(H,17,18)(H,19,20)/t9?,10-,11+/m1/s1. The van der Waals surface area contributed by atoms with Crippen LogP contribution in [0.15, 0.2) is 28.7 Å². The van der Waals surface area contributed by atoms with Crippen LogP contribution < -0.4 is 5.32 Å². The van der Waals surface area contributed by atoms with Gasteiger partial charge in [-0.15, -0.1) is 0 Å². The smallest absolute Gasteiger partial charge is 0.306 e. The summed E-state index contributed by atoms with van der Waals surface area (Å²) in [5.74, 6) is -1.39. The van der Waals surface area contributed by atoms with Gasteiger partial charge in [-0.2, -0.15) is 0 Å². The van der Waals surface area contributed by atoms with E-state index in [9.17, 15) is 9.59 Å². The van der Waals surface area contributed by atoms with Gasteiger partial charge in [-0.1, -0.05) is 34.1 Å². The van der Waals surface area contributed by atoms with Gasteiger partial charge in [-0.3, -0.25) is 9.59 Å². The zero-order chi connectivity index (χ0) is 14.7. The number of halogens is 1. The molecule has 5 heteroatoms. The first-order chi connectivity index (χ1) is 9.49. The number of carboxylic acids is 1. The van der Waals surface area contributed by atoms with E-state index in [2.05, 4.69) is 21.2 Å². The van der Waals surface area contributed by atoms with Gasteiger partial charge in [-0.25, -0.2) is 0 Å². The van der Waals surface area contributed by atoms with Gasteiger partial charge in [-0.05, 0) is 37.8 Å². The molecule has 1 saturated carbocycles. The van der Waals surface area contributed by atoms with Gasteiger partial charge in [0.05, 0.1) is 12.0 Å². The SMILES string of the molecule is CC(NC(=O)[C@@H]1CC[C@H](C(=O)O)C1)c1ccccc1Br. The van der Waals surface area contributed by atoms with E-state index < -0.39 is 5.97 Å². The Bertz CT molecular complexity index is 518. The molecule has 0 saturated heterocycles. The number of carboxylic acid groups (broad SMARTS) is 1. The van der Waals surface area contributed by atoms with Gasteiger partial charge >= 0.3 is 5.97 Å². The number of benzene rings is 1. The molecule has 1 aliphatic rings. The number of carbonyl (C=O) groups is 2. The Morgan fingerprint density at radius 3 is 2.55 bits per heavy atom. The number of amides is 1. The summed E-state index contributed by atoms with van der Waals surface area (Å²) >= 11 is 3.47. The maximum atomic E-state index is 12.2. The van der Waals surface area contributed by atoms with Gasteiger partial charge in [0.15, 0.2) is 0 Å². The van der Waals surface area contributed by atoms with E-state index >= 15 is 0 Å². The van der Waals surface area contributed by atoms with Crippen molar-refractivity contribution in [1.82, 2.24) is 5.32 Å². The van der Waals surface area contributed by atoms with Crippen LogP contribution >= 0.6 is 15.9 Å². The second kappa shape index (κ2) is 6.39. The molecule has 0 radical (unpaired) electrons. The molecule has 1 unspecified atom stereocenters. The molecule has 1 aromatic rings. The first kappa shape index (κ1) is 15.0. The van der Waals surface area contributed by atoms with Crippen molar-refractivity contribution in [2.45, 2.75) is 32.2 Å². The van der Waals surface area contributed by atoms with Crippen molar-refractivity contribution in [1.29, 1.82) is 0 Å². The van der Waals surface area contributed by atoms with Gasteiger partial charge in [0.25, 0.3) is 0 Å². The molecule has 0 aliphatic heterocycles. The summed E-state index contributed by atoms with van der Waals surface area (Å²) in [6, 6.07) is 7.66. The van der Waals surface area contributed by atoms with E-state index in [1.54, 1.807) is 0 Å². The number of carbonyl (C=O) groups excluding carboxylic acids is 1. The average Bonchev–Trinajstić information content (AvgIpc) is 2.88. The second-order valence-electron chi connectivity index (χ2n) is 5.30. The Kier molecular flexibility index (Phi) is 4.81. The summed E-state index contributed by atoms with van der Waals surface area (Å²) in [4.78, 5) is 23.1. The highest BCUT2D eigenvalue weighted by atomic mass is 79.9. The minimum absolute atomic E-state index is 0.0444. The van der Waals surface area contributed by atoms with E-state index in [1.165, 1.54) is 0 Å². The lowest BCUT2D eigenvalue weighted by Gasteiger charge is -2.18. The third-order valence-corrected chi connectivity index (χ3v) is 4.61. The number of hydrogen-bond acceptors (Lipinski definition) is 2. The summed E-state index contributed by atoms with van der Waals surface area (Å²) in [5.41, 5.74) is 1.02. The molecule has 4 nitrogen and oxygen atoms in total.